The number of sulfonamides is 2. The number of aryl methyl sites for hydroxylation is 2. The Hall–Kier alpha value is -4.06. The van der Waals surface area contributed by atoms with E-state index in [4.69, 9.17) is 16.3 Å². The summed E-state index contributed by atoms with van der Waals surface area (Å²) in [6.45, 7) is 5.97. The number of rotatable bonds is 10. The van der Waals surface area contributed by atoms with Crippen molar-refractivity contribution in [1.29, 1.82) is 0 Å². The molecule has 1 amide bonds. The molecule has 0 heterocycles. The molecule has 4 rings (SSSR count). The first-order valence-electron chi connectivity index (χ1n) is 12.4. The van der Waals surface area contributed by atoms with Crippen molar-refractivity contribution in [1.82, 2.24) is 0 Å². The fraction of sp³-hybridized carbons (Fsp3) is 0.138. The number of carbonyl (C=O) groups is 1. The van der Waals surface area contributed by atoms with E-state index in [2.05, 4.69) is 14.8 Å². The summed E-state index contributed by atoms with van der Waals surface area (Å²) in [6, 6.07) is 21.3. The van der Waals surface area contributed by atoms with Crippen LogP contribution in [0.4, 0.5) is 17.1 Å². The van der Waals surface area contributed by atoms with Crippen molar-refractivity contribution in [3.8, 4) is 5.75 Å². The molecular formula is C29H28ClN3O6S2. The van der Waals surface area contributed by atoms with Crippen LogP contribution in [0.5, 0.6) is 5.75 Å². The number of amides is 1. The first-order valence-corrected chi connectivity index (χ1v) is 15.8. The van der Waals surface area contributed by atoms with Gasteiger partial charge in [0.25, 0.3) is 26.0 Å². The Kier molecular flexibility index (Phi) is 8.91. The van der Waals surface area contributed by atoms with E-state index in [1.54, 1.807) is 43.3 Å². The Bertz CT molecular complexity index is 1790. The number of ether oxygens (including phenoxy) is 1. The minimum absolute atomic E-state index is 0.0122. The first-order chi connectivity index (χ1) is 19.4. The lowest BCUT2D eigenvalue weighted by Gasteiger charge is -2.14. The molecule has 0 saturated carbocycles. The van der Waals surface area contributed by atoms with Gasteiger partial charge in [-0.15, -0.1) is 0 Å². The molecule has 0 atom stereocenters. The second-order valence-electron chi connectivity index (χ2n) is 9.11. The summed E-state index contributed by atoms with van der Waals surface area (Å²) >= 11 is 6.20. The standard InChI is InChI=1S/C29H28ClN3O6S2/c1-4-39-24-12-8-23(9-13-24)32-40(35,36)25-14-10-22(11-15-25)31-29(34)21-7-16-26(30)28(18-21)41(37,38)33-27-17-19(2)5-6-20(27)3/h5-18,32-33H,4H2,1-3H3,(H,31,34). The van der Waals surface area contributed by atoms with E-state index in [0.717, 1.165) is 11.1 Å². The van der Waals surface area contributed by atoms with E-state index in [0.29, 0.717) is 29.4 Å². The van der Waals surface area contributed by atoms with Crippen molar-refractivity contribution < 1.29 is 26.4 Å². The zero-order valence-electron chi connectivity index (χ0n) is 22.4. The number of benzene rings is 4. The van der Waals surface area contributed by atoms with Crippen LogP contribution >= 0.6 is 11.6 Å². The number of nitrogens with one attached hydrogen (secondary N) is 3. The number of halogens is 1. The van der Waals surface area contributed by atoms with Crippen molar-refractivity contribution in [3.63, 3.8) is 0 Å². The van der Waals surface area contributed by atoms with Gasteiger partial charge in [-0.2, -0.15) is 0 Å². The molecule has 0 aliphatic carbocycles. The van der Waals surface area contributed by atoms with E-state index >= 15 is 0 Å². The molecule has 0 saturated heterocycles. The van der Waals surface area contributed by atoms with Gasteiger partial charge >= 0.3 is 0 Å². The van der Waals surface area contributed by atoms with Crippen molar-refractivity contribution in [2.75, 3.05) is 21.4 Å². The molecule has 0 spiro atoms. The number of anilines is 3. The molecule has 0 fully saturated rings. The highest BCUT2D eigenvalue weighted by Crippen LogP contribution is 2.27. The summed E-state index contributed by atoms with van der Waals surface area (Å²) in [5, 5.41) is 2.60. The van der Waals surface area contributed by atoms with Crippen LogP contribution in [0.25, 0.3) is 0 Å². The zero-order chi connectivity index (χ0) is 29.8. The van der Waals surface area contributed by atoms with Crippen LogP contribution in [0.1, 0.15) is 28.4 Å². The highest BCUT2D eigenvalue weighted by atomic mass is 35.5. The van der Waals surface area contributed by atoms with Gasteiger partial charge in [0.1, 0.15) is 10.6 Å². The molecule has 0 unspecified atom stereocenters. The fourth-order valence-electron chi connectivity index (χ4n) is 3.82. The van der Waals surface area contributed by atoms with Gasteiger partial charge in [-0.05, 0) is 105 Å². The third-order valence-electron chi connectivity index (χ3n) is 5.96. The average Bonchev–Trinajstić information content (AvgIpc) is 2.92. The predicted octanol–water partition coefficient (Wildman–Crippen LogP) is 6.21. The molecular weight excluding hydrogens is 586 g/mol. The molecule has 41 heavy (non-hydrogen) atoms. The van der Waals surface area contributed by atoms with Gasteiger partial charge in [-0.3, -0.25) is 14.2 Å². The average molecular weight is 614 g/mol. The van der Waals surface area contributed by atoms with Gasteiger partial charge in [-0.1, -0.05) is 23.7 Å². The monoisotopic (exact) mass is 613 g/mol. The van der Waals surface area contributed by atoms with Crippen LogP contribution in [-0.2, 0) is 20.0 Å². The van der Waals surface area contributed by atoms with Crippen molar-refractivity contribution in [2.24, 2.45) is 0 Å². The summed E-state index contributed by atoms with van der Waals surface area (Å²) in [4.78, 5) is 12.7. The fourth-order valence-corrected chi connectivity index (χ4v) is 6.52. The Labute approximate surface area is 244 Å². The van der Waals surface area contributed by atoms with E-state index < -0.39 is 26.0 Å². The molecule has 0 bridgehead atoms. The van der Waals surface area contributed by atoms with E-state index in [9.17, 15) is 21.6 Å². The lowest BCUT2D eigenvalue weighted by Crippen LogP contribution is -2.17. The van der Waals surface area contributed by atoms with E-state index in [1.807, 2.05) is 19.9 Å². The highest BCUT2D eigenvalue weighted by molar-refractivity contribution is 7.93. The maximum Gasteiger partial charge on any atom is 0.263 e. The number of hydrogen-bond acceptors (Lipinski definition) is 6. The van der Waals surface area contributed by atoms with Crippen LogP contribution in [0, 0.1) is 13.8 Å². The van der Waals surface area contributed by atoms with Gasteiger partial charge in [0.05, 0.1) is 22.2 Å². The smallest absolute Gasteiger partial charge is 0.263 e. The molecule has 9 nitrogen and oxygen atoms in total. The molecule has 0 radical (unpaired) electrons. The Morgan fingerprint density at radius 2 is 1.44 bits per heavy atom. The summed E-state index contributed by atoms with van der Waals surface area (Å²) in [7, 11) is -7.99. The second-order valence-corrected chi connectivity index (χ2v) is 12.9. The third kappa shape index (κ3) is 7.37. The summed E-state index contributed by atoms with van der Waals surface area (Å²) < 4.78 is 62.2. The molecule has 214 valence electrons. The predicted molar refractivity (Wildman–Crippen MR) is 161 cm³/mol. The molecule has 12 heteroatoms. The normalized spacial score (nSPS) is 11.5. The quantitative estimate of drug-likeness (QED) is 0.195. The summed E-state index contributed by atoms with van der Waals surface area (Å²) in [5.41, 5.74) is 2.73. The van der Waals surface area contributed by atoms with Gasteiger partial charge in [0.2, 0.25) is 0 Å². The molecule has 3 N–H and O–H groups in total. The van der Waals surface area contributed by atoms with Crippen LogP contribution in [-0.4, -0.2) is 29.3 Å². The molecule has 0 aromatic heterocycles. The number of hydrogen-bond donors (Lipinski definition) is 3. The molecule has 4 aromatic rings. The van der Waals surface area contributed by atoms with Gasteiger partial charge < -0.3 is 10.1 Å². The van der Waals surface area contributed by atoms with Crippen LogP contribution < -0.4 is 19.5 Å². The summed E-state index contributed by atoms with van der Waals surface area (Å²) in [6.07, 6.45) is 0. The topological polar surface area (TPSA) is 131 Å². The van der Waals surface area contributed by atoms with Crippen molar-refractivity contribution >= 4 is 54.6 Å². The Morgan fingerprint density at radius 1 is 0.780 bits per heavy atom. The van der Waals surface area contributed by atoms with Crippen molar-refractivity contribution in [2.45, 2.75) is 30.6 Å². The first kappa shape index (κ1) is 29.9. The van der Waals surface area contributed by atoms with Crippen molar-refractivity contribution in [3.05, 3.63) is 107 Å². The lowest BCUT2D eigenvalue weighted by molar-refractivity contribution is 0.102. The second kappa shape index (κ2) is 12.2. The van der Waals surface area contributed by atoms with Gasteiger partial charge in [0.15, 0.2) is 0 Å². The highest BCUT2D eigenvalue weighted by Gasteiger charge is 2.22. The van der Waals surface area contributed by atoms with Gasteiger partial charge in [-0.25, -0.2) is 16.8 Å². The van der Waals surface area contributed by atoms with E-state index in [1.165, 1.54) is 42.5 Å². The molecule has 0 aliphatic heterocycles. The van der Waals surface area contributed by atoms with Crippen LogP contribution in [0.2, 0.25) is 5.02 Å². The van der Waals surface area contributed by atoms with Crippen LogP contribution in [0.3, 0.4) is 0 Å². The molecule has 0 aliphatic rings. The third-order valence-corrected chi connectivity index (χ3v) is 9.20. The maximum atomic E-state index is 13.1. The minimum atomic E-state index is -4.11. The summed E-state index contributed by atoms with van der Waals surface area (Å²) in [5.74, 6) is 0.0200. The Morgan fingerprint density at radius 3 is 2.10 bits per heavy atom. The minimum Gasteiger partial charge on any atom is -0.494 e. The zero-order valence-corrected chi connectivity index (χ0v) is 24.8. The molecule has 4 aromatic carbocycles. The Balaban J connectivity index is 1.48. The van der Waals surface area contributed by atoms with E-state index in [-0.39, 0.29) is 20.4 Å². The largest absolute Gasteiger partial charge is 0.494 e. The maximum absolute atomic E-state index is 13.1. The van der Waals surface area contributed by atoms with Gasteiger partial charge in [0, 0.05) is 16.9 Å². The van der Waals surface area contributed by atoms with Crippen LogP contribution in [0.15, 0.2) is 94.7 Å². The SMILES string of the molecule is CCOc1ccc(NS(=O)(=O)c2ccc(NC(=O)c3ccc(Cl)c(S(=O)(=O)Nc4cc(C)ccc4C)c3)cc2)cc1. The number of carbonyl (C=O) groups excluding carboxylic acids is 1. The lowest BCUT2D eigenvalue weighted by atomic mass is 10.1.